The lowest BCUT2D eigenvalue weighted by Crippen LogP contribution is -3.00. The van der Waals surface area contributed by atoms with E-state index < -0.39 is 0 Å². The number of rotatable bonds is 4. The Labute approximate surface area is 163 Å². The Bertz CT molecular complexity index is 1060. The molecule has 27 heavy (non-hydrogen) atoms. The molecule has 0 bridgehead atoms. The van der Waals surface area contributed by atoms with Gasteiger partial charge in [-0.2, -0.15) is 0 Å². The Morgan fingerprint density at radius 3 is 2.07 bits per heavy atom. The number of nitrogens with zero attached hydrogens (tertiary/aromatic N) is 1. The zero-order valence-corrected chi connectivity index (χ0v) is 15.5. The first-order chi connectivity index (χ1) is 12.8. The first-order valence-corrected chi connectivity index (χ1v) is 8.58. The predicted octanol–water partition coefficient (Wildman–Crippen LogP) is 2.31. The number of fused-ring (bicyclic) bond motifs is 2. The number of anilines is 2. The molecular formula is C22H18ClN2O2-. The minimum atomic E-state index is -0.335. The van der Waals surface area contributed by atoms with Crippen LogP contribution in [0.1, 0.15) is 17.3 Å². The summed E-state index contributed by atoms with van der Waals surface area (Å²) in [5.74, 6) is -0.335. The molecule has 0 aliphatic heterocycles. The molecule has 4 nitrogen and oxygen atoms in total. The van der Waals surface area contributed by atoms with Crippen molar-refractivity contribution < 1.29 is 21.9 Å². The highest BCUT2D eigenvalue weighted by Crippen LogP contribution is 2.34. The van der Waals surface area contributed by atoms with Gasteiger partial charge in [0.25, 0.3) is 0 Å². The van der Waals surface area contributed by atoms with Crippen molar-refractivity contribution in [3.05, 3.63) is 78.4 Å². The number of carbonyl (C=O) groups excluding carboxylic acids is 1. The number of halogens is 1. The second-order valence-electron chi connectivity index (χ2n) is 5.91. The zero-order valence-electron chi connectivity index (χ0n) is 14.8. The summed E-state index contributed by atoms with van der Waals surface area (Å²) in [6.45, 7) is 2.14. The topological polar surface area (TPSA) is 51.2 Å². The second kappa shape index (κ2) is 8.06. The fourth-order valence-electron chi connectivity index (χ4n) is 3.09. The third-order valence-electron chi connectivity index (χ3n) is 4.27. The summed E-state index contributed by atoms with van der Waals surface area (Å²) in [5, 5.41) is 5.47. The van der Waals surface area contributed by atoms with Crippen molar-refractivity contribution >= 4 is 39.1 Å². The average Bonchev–Trinajstić information content (AvgIpc) is 2.68. The van der Waals surface area contributed by atoms with Gasteiger partial charge >= 0.3 is 5.97 Å². The van der Waals surface area contributed by atoms with Crippen molar-refractivity contribution in [1.29, 1.82) is 0 Å². The standard InChI is InChI=1S/C22H18N2O2.ClH/c1-2-26-22(25)17-11-5-8-14-20(17)24-21-15-9-3-6-12-18(15)23-19-13-7-4-10-16(19)21;/h3-14H,2H2,1H3,(H,23,24);1H/p-1. The Hall–Kier alpha value is -3.11. The maximum Gasteiger partial charge on any atom is 0.340 e. The number of ether oxygens (including phenoxy) is 1. The Morgan fingerprint density at radius 1 is 0.889 bits per heavy atom. The van der Waals surface area contributed by atoms with Crippen LogP contribution in [0.5, 0.6) is 0 Å². The molecule has 4 aromatic rings. The van der Waals surface area contributed by atoms with E-state index in [9.17, 15) is 4.79 Å². The van der Waals surface area contributed by atoms with E-state index in [1.807, 2.05) is 66.7 Å². The third kappa shape index (κ3) is 3.57. The Morgan fingerprint density at radius 2 is 1.44 bits per heavy atom. The van der Waals surface area contributed by atoms with Gasteiger partial charge in [0.1, 0.15) is 0 Å². The van der Waals surface area contributed by atoms with Gasteiger partial charge in [0.2, 0.25) is 0 Å². The summed E-state index contributed by atoms with van der Waals surface area (Å²) in [6, 6.07) is 23.4. The van der Waals surface area contributed by atoms with Crippen LogP contribution in [0.4, 0.5) is 11.4 Å². The lowest BCUT2D eigenvalue weighted by atomic mass is 10.1. The quantitative estimate of drug-likeness (QED) is 0.438. The van der Waals surface area contributed by atoms with Gasteiger partial charge < -0.3 is 22.5 Å². The highest BCUT2D eigenvalue weighted by molar-refractivity contribution is 6.09. The van der Waals surface area contributed by atoms with Crippen LogP contribution in [0, 0.1) is 0 Å². The van der Waals surface area contributed by atoms with E-state index in [0.29, 0.717) is 17.9 Å². The SMILES string of the molecule is CCOC(=O)c1ccccc1Nc1c2ccccc2nc2ccccc12.[Cl-]. The number of pyridine rings is 1. The highest BCUT2D eigenvalue weighted by atomic mass is 35.5. The van der Waals surface area contributed by atoms with Gasteiger partial charge in [-0.15, -0.1) is 0 Å². The van der Waals surface area contributed by atoms with E-state index >= 15 is 0 Å². The molecule has 0 spiro atoms. The predicted molar refractivity (Wildman–Crippen MR) is 105 cm³/mol. The molecule has 0 atom stereocenters. The van der Waals surface area contributed by atoms with Gasteiger partial charge in [-0.1, -0.05) is 48.5 Å². The molecule has 0 radical (unpaired) electrons. The molecule has 0 aliphatic carbocycles. The molecule has 1 heterocycles. The molecule has 0 fully saturated rings. The molecule has 1 aromatic heterocycles. The molecule has 0 unspecified atom stereocenters. The lowest BCUT2D eigenvalue weighted by molar-refractivity contribution is -0.0000232. The van der Waals surface area contributed by atoms with Crippen molar-refractivity contribution in [2.45, 2.75) is 6.92 Å². The molecule has 136 valence electrons. The van der Waals surface area contributed by atoms with Crippen LogP contribution in [-0.4, -0.2) is 17.6 Å². The van der Waals surface area contributed by atoms with E-state index in [-0.39, 0.29) is 18.4 Å². The van der Waals surface area contributed by atoms with E-state index in [1.165, 1.54) is 0 Å². The van der Waals surface area contributed by atoms with Gasteiger partial charge in [-0.05, 0) is 31.2 Å². The van der Waals surface area contributed by atoms with Crippen LogP contribution < -0.4 is 17.7 Å². The molecule has 1 N–H and O–H groups in total. The molecule has 5 heteroatoms. The van der Waals surface area contributed by atoms with Crippen LogP contribution >= 0.6 is 0 Å². The van der Waals surface area contributed by atoms with Crippen molar-refractivity contribution in [2.24, 2.45) is 0 Å². The molecule has 4 rings (SSSR count). The number of esters is 1. The number of aromatic nitrogens is 1. The third-order valence-corrected chi connectivity index (χ3v) is 4.27. The minimum Gasteiger partial charge on any atom is -1.00 e. The molecular weight excluding hydrogens is 360 g/mol. The van der Waals surface area contributed by atoms with E-state index in [4.69, 9.17) is 9.72 Å². The number of carbonyl (C=O) groups is 1. The van der Waals surface area contributed by atoms with Crippen molar-refractivity contribution in [2.75, 3.05) is 11.9 Å². The van der Waals surface area contributed by atoms with Crippen LogP contribution in [0.2, 0.25) is 0 Å². The normalized spacial score (nSPS) is 10.4. The van der Waals surface area contributed by atoms with Crippen LogP contribution in [0.25, 0.3) is 21.8 Å². The average molecular weight is 378 g/mol. The molecule has 3 aromatic carbocycles. The van der Waals surface area contributed by atoms with E-state index in [1.54, 1.807) is 13.0 Å². The summed E-state index contributed by atoms with van der Waals surface area (Å²) in [6.07, 6.45) is 0. The van der Waals surface area contributed by atoms with Gasteiger partial charge in [0.15, 0.2) is 0 Å². The van der Waals surface area contributed by atoms with Crippen molar-refractivity contribution in [3.63, 3.8) is 0 Å². The highest BCUT2D eigenvalue weighted by Gasteiger charge is 2.15. The van der Waals surface area contributed by atoms with E-state index in [0.717, 1.165) is 27.5 Å². The second-order valence-corrected chi connectivity index (χ2v) is 5.91. The van der Waals surface area contributed by atoms with Crippen molar-refractivity contribution in [1.82, 2.24) is 4.98 Å². The Balaban J connectivity index is 0.00000210. The fraction of sp³-hybridized carbons (Fsp3) is 0.0909. The largest absolute Gasteiger partial charge is 1.00 e. The maximum atomic E-state index is 12.3. The van der Waals surface area contributed by atoms with E-state index in [2.05, 4.69) is 5.32 Å². The van der Waals surface area contributed by atoms with Crippen molar-refractivity contribution in [3.8, 4) is 0 Å². The summed E-state index contributed by atoms with van der Waals surface area (Å²) in [4.78, 5) is 17.0. The maximum absolute atomic E-state index is 12.3. The summed E-state index contributed by atoms with van der Waals surface area (Å²) in [5.41, 5.74) is 3.97. The number of hydrogen-bond acceptors (Lipinski definition) is 4. The first-order valence-electron chi connectivity index (χ1n) is 8.58. The first kappa shape index (κ1) is 18.7. The summed E-state index contributed by atoms with van der Waals surface area (Å²) < 4.78 is 5.19. The lowest BCUT2D eigenvalue weighted by Gasteiger charge is -2.15. The van der Waals surface area contributed by atoms with Gasteiger partial charge in [0, 0.05) is 10.8 Å². The zero-order chi connectivity index (χ0) is 17.9. The number of para-hydroxylation sites is 3. The minimum absolute atomic E-state index is 0. The van der Waals surface area contributed by atoms with Gasteiger partial charge in [-0.25, -0.2) is 9.78 Å². The molecule has 0 aliphatic rings. The smallest absolute Gasteiger partial charge is 0.340 e. The van der Waals surface area contributed by atoms with Gasteiger partial charge in [0.05, 0.1) is 34.6 Å². The molecule has 0 saturated heterocycles. The summed E-state index contributed by atoms with van der Waals surface area (Å²) in [7, 11) is 0. The van der Waals surface area contributed by atoms with Crippen LogP contribution in [0.15, 0.2) is 72.8 Å². The summed E-state index contributed by atoms with van der Waals surface area (Å²) >= 11 is 0. The monoisotopic (exact) mass is 377 g/mol. The van der Waals surface area contributed by atoms with Crippen LogP contribution in [0.3, 0.4) is 0 Å². The number of hydrogen-bond donors (Lipinski definition) is 1. The fourth-order valence-corrected chi connectivity index (χ4v) is 3.09. The number of benzene rings is 3. The molecule has 0 amide bonds. The Kier molecular flexibility index (Phi) is 5.57. The van der Waals surface area contributed by atoms with Gasteiger partial charge in [-0.3, -0.25) is 0 Å². The van der Waals surface area contributed by atoms with Crippen LogP contribution in [-0.2, 0) is 4.74 Å². The molecule has 0 saturated carbocycles. The number of nitrogens with one attached hydrogen (secondary N) is 1.